The van der Waals surface area contributed by atoms with E-state index in [0.29, 0.717) is 12.6 Å². The Kier molecular flexibility index (Phi) is 4.07. The van der Waals surface area contributed by atoms with Crippen LogP contribution in [0.25, 0.3) is 11.4 Å². The third kappa shape index (κ3) is 2.52. The smallest absolute Gasteiger partial charge is 0.342 e. The molecule has 2 heterocycles. The summed E-state index contributed by atoms with van der Waals surface area (Å²) >= 11 is 0. The average molecular weight is 281 g/mol. The van der Waals surface area contributed by atoms with Gasteiger partial charge in [-0.3, -0.25) is 4.68 Å². The maximum absolute atomic E-state index is 13.9. The highest BCUT2D eigenvalue weighted by Gasteiger charge is 2.23. The molecule has 5 nitrogen and oxygen atoms in total. The van der Waals surface area contributed by atoms with Gasteiger partial charge in [-0.2, -0.15) is 5.10 Å². The van der Waals surface area contributed by atoms with Crippen molar-refractivity contribution in [3.05, 3.63) is 35.7 Å². The van der Waals surface area contributed by atoms with E-state index in [2.05, 4.69) is 10.1 Å². The van der Waals surface area contributed by atoms with Gasteiger partial charge in [0.1, 0.15) is 22.8 Å². The first-order chi connectivity index (χ1) is 9.58. The zero-order chi connectivity index (χ0) is 14.7. The van der Waals surface area contributed by atoms with Crippen LogP contribution in [0.5, 0.6) is 0 Å². The van der Waals surface area contributed by atoms with E-state index in [9.17, 15) is 13.6 Å². The molecule has 0 aromatic carbocycles. The molecule has 2 rings (SSSR count). The fraction of sp³-hybridized carbons (Fsp3) is 0.308. The Morgan fingerprint density at radius 3 is 2.70 bits per heavy atom. The highest BCUT2D eigenvalue weighted by Crippen LogP contribution is 2.25. The molecule has 0 bridgehead atoms. The van der Waals surface area contributed by atoms with E-state index in [1.807, 2.05) is 0 Å². The number of halogens is 2. The van der Waals surface area contributed by atoms with Crippen LogP contribution in [-0.4, -0.2) is 27.3 Å². The fourth-order valence-electron chi connectivity index (χ4n) is 1.82. The minimum atomic E-state index is -0.856. The van der Waals surface area contributed by atoms with Gasteiger partial charge in [0.2, 0.25) is 0 Å². The number of hydrogen-bond donors (Lipinski definition) is 0. The topological polar surface area (TPSA) is 57.0 Å². The molecule has 0 unspecified atom stereocenters. The summed E-state index contributed by atoms with van der Waals surface area (Å²) in [5.74, 6) is -2.26. The molecule has 0 saturated heterocycles. The number of nitrogens with zero attached hydrogens (tertiary/aromatic N) is 3. The molecule has 106 valence electrons. The van der Waals surface area contributed by atoms with Crippen LogP contribution in [0.2, 0.25) is 0 Å². The monoisotopic (exact) mass is 281 g/mol. The summed E-state index contributed by atoms with van der Waals surface area (Å²) in [7, 11) is 0. The lowest BCUT2D eigenvalue weighted by Gasteiger charge is -2.08. The summed E-state index contributed by atoms with van der Waals surface area (Å²) in [5, 5.41) is 3.99. The minimum Gasteiger partial charge on any atom is -0.462 e. The lowest BCUT2D eigenvalue weighted by molar-refractivity contribution is 0.0527. The Morgan fingerprint density at radius 1 is 1.35 bits per heavy atom. The predicted molar refractivity (Wildman–Crippen MR) is 67.0 cm³/mol. The minimum absolute atomic E-state index is 0.103. The second-order valence-electron chi connectivity index (χ2n) is 3.93. The van der Waals surface area contributed by atoms with E-state index in [1.54, 1.807) is 13.8 Å². The summed E-state index contributed by atoms with van der Waals surface area (Å²) in [6.45, 7) is 4.05. The summed E-state index contributed by atoms with van der Waals surface area (Å²) in [4.78, 5) is 15.6. The van der Waals surface area contributed by atoms with Gasteiger partial charge in [-0.1, -0.05) is 0 Å². The molecule has 0 N–H and O–H groups in total. The molecule has 0 amide bonds. The molecule has 7 heteroatoms. The Bertz CT molecular complexity index is 641. The van der Waals surface area contributed by atoms with Crippen LogP contribution in [0.15, 0.2) is 18.5 Å². The summed E-state index contributed by atoms with van der Waals surface area (Å²) < 4.78 is 33.1. The largest absolute Gasteiger partial charge is 0.462 e. The molecule has 0 saturated carbocycles. The molecule has 20 heavy (non-hydrogen) atoms. The summed E-state index contributed by atoms with van der Waals surface area (Å²) in [5.41, 5.74) is 0.156. The van der Waals surface area contributed by atoms with Gasteiger partial charge in [0.05, 0.1) is 19.0 Å². The number of rotatable bonds is 4. The quantitative estimate of drug-likeness (QED) is 0.808. The van der Waals surface area contributed by atoms with Gasteiger partial charge in [-0.25, -0.2) is 18.6 Å². The molecule has 2 aromatic heterocycles. The van der Waals surface area contributed by atoms with Crippen molar-refractivity contribution in [1.82, 2.24) is 14.8 Å². The van der Waals surface area contributed by atoms with Crippen LogP contribution in [0.1, 0.15) is 24.2 Å². The maximum Gasteiger partial charge on any atom is 0.342 e. The molecule has 2 aromatic rings. The number of pyridine rings is 1. The Hall–Kier alpha value is -2.31. The highest BCUT2D eigenvalue weighted by atomic mass is 19.1. The van der Waals surface area contributed by atoms with Gasteiger partial charge in [-0.15, -0.1) is 0 Å². The molecular weight excluding hydrogens is 268 g/mol. The molecule has 0 aliphatic rings. The van der Waals surface area contributed by atoms with Gasteiger partial charge >= 0.3 is 5.97 Å². The van der Waals surface area contributed by atoms with E-state index < -0.39 is 17.6 Å². The third-order valence-electron chi connectivity index (χ3n) is 2.67. The number of aryl methyl sites for hydroxylation is 1. The predicted octanol–water partition coefficient (Wildman–Crippen LogP) is 2.42. The van der Waals surface area contributed by atoms with Crippen molar-refractivity contribution in [3.8, 4) is 11.4 Å². The lowest BCUT2D eigenvalue weighted by atomic mass is 10.1. The molecular formula is C13H13F2N3O2. The number of ether oxygens (including phenoxy) is 1. The van der Waals surface area contributed by atoms with Gasteiger partial charge in [0, 0.05) is 12.6 Å². The summed E-state index contributed by atoms with van der Waals surface area (Å²) in [6.07, 6.45) is 2.18. The van der Waals surface area contributed by atoms with E-state index in [-0.39, 0.29) is 23.6 Å². The first kappa shape index (κ1) is 14.1. The fourth-order valence-corrected chi connectivity index (χ4v) is 1.82. The van der Waals surface area contributed by atoms with Gasteiger partial charge < -0.3 is 4.74 Å². The maximum atomic E-state index is 13.9. The van der Waals surface area contributed by atoms with Crippen molar-refractivity contribution in [2.75, 3.05) is 6.61 Å². The van der Waals surface area contributed by atoms with Crippen LogP contribution in [0.4, 0.5) is 8.78 Å². The molecule has 0 spiro atoms. The van der Waals surface area contributed by atoms with Crippen LogP contribution in [-0.2, 0) is 11.3 Å². The first-order valence-electron chi connectivity index (χ1n) is 6.12. The Morgan fingerprint density at radius 2 is 2.10 bits per heavy atom. The van der Waals surface area contributed by atoms with Gasteiger partial charge in [0.25, 0.3) is 0 Å². The van der Waals surface area contributed by atoms with Gasteiger partial charge in [-0.05, 0) is 13.8 Å². The van der Waals surface area contributed by atoms with E-state index in [1.165, 1.54) is 10.9 Å². The van der Waals surface area contributed by atoms with Crippen LogP contribution < -0.4 is 0 Å². The SMILES string of the molecule is CCOC(=O)c1cnn(CC)c1-c1ncc(F)cc1F. The number of carbonyl (C=O) groups excluding carboxylic acids is 1. The Balaban J connectivity index is 2.59. The number of hydrogen-bond acceptors (Lipinski definition) is 4. The average Bonchev–Trinajstić information content (AvgIpc) is 2.82. The van der Waals surface area contributed by atoms with Crippen LogP contribution in [0.3, 0.4) is 0 Å². The van der Waals surface area contributed by atoms with E-state index in [4.69, 9.17) is 4.74 Å². The summed E-state index contributed by atoms with van der Waals surface area (Å²) in [6, 6.07) is 0.713. The number of carbonyl (C=O) groups is 1. The van der Waals surface area contributed by atoms with E-state index in [0.717, 1.165) is 6.20 Å². The molecule has 0 atom stereocenters. The molecule has 0 radical (unpaired) electrons. The van der Waals surface area contributed by atoms with Crippen molar-refractivity contribution in [3.63, 3.8) is 0 Å². The van der Waals surface area contributed by atoms with Crippen molar-refractivity contribution in [2.24, 2.45) is 0 Å². The lowest BCUT2D eigenvalue weighted by Crippen LogP contribution is -2.09. The van der Waals surface area contributed by atoms with Crippen LogP contribution >= 0.6 is 0 Å². The molecule has 0 aliphatic heterocycles. The van der Waals surface area contributed by atoms with Crippen LogP contribution in [0, 0.1) is 11.6 Å². The molecule has 0 fully saturated rings. The van der Waals surface area contributed by atoms with Crippen molar-refractivity contribution in [1.29, 1.82) is 0 Å². The highest BCUT2D eigenvalue weighted by molar-refractivity contribution is 5.95. The molecule has 0 aliphatic carbocycles. The standard InChI is InChI=1S/C13H13F2N3O2/c1-3-18-12(9(7-17-18)13(19)20-4-2)11-10(15)5-8(14)6-16-11/h5-7H,3-4H2,1-2H3. The van der Waals surface area contributed by atoms with Crippen molar-refractivity contribution in [2.45, 2.75) is 20.4 Å². The number of aromatic nitrogens is 3. The van der Waals surface area contributed by atoms with Crippen molar-refractivity contribution < 1.29 is 18.3 Å². The second-order valence-corrected chi connectivity index (χ2v) is 3.93. The zero-order valence-corrected chi connectivity index (χ0v) is 11.1. The van der Waals surface area contributed by atoms with Crippen molar-refractivity contribution >= 4 is 5.97 Å². The first-order valence-corrected chi connectivity index (χ1v) is 6.12. The Labute approximate surface area is 114 Å². The normalized spacial score (nSPS) is 10.6. The zero-order valence-electron chi connectivity index (χ0n) is 11.1. The van der Waals surface area contributed by atoms with Gasteiger partial charge in [0.15, 0.2) is 5.82 Å². The number of esters is 1. The second kappa shape index (κ2) is 5.77. The third-order valence-corrected chi connectivity index (χ3v) is 2.67. The van der Waals surface area contributed by atoms with E-state index >= 15 is 0 Å².